The molecular weight excluding hydrogens is 332 g/mol. The fourth-order valence-corrected chi connectivity index (χ4v) is 4.69. The van der Waals surface area contributed by atoms with Gasteiger partial charge >= 0.3 is 0 Å². The number of rotatable bonds is 5. The highest BCUT2D eigenvalue weighted by Gasteiger charge is 2.20. The topological polar surface area (TPSA) is 24.5 Å². The zero-order valence-corrected chi connectivity index (χ0v) is 17.0. The zero-order valence-electron chi connectivity index (χ0n) is 17.0. The van der Waals surface area contributed by atoms with Crippen molar-refractivity contribution in [2.75, 3.05) is 30.9 Å². The average Bonchev–Trinajstić information content (AvgIpc) is 3.17. The van der Waals surface area contributed by atoms with Crippen LogP contribution in [0.1, 0.15) is 60.3 Å². The van der Waals surface area contributed by atoms with Gasteiger partial charge in [-0.05, 0) is 72.6 Å². The van der Waals surface area contributed by atoms with Crippen LogP contribution in [-0.4, -0.2) is 20.6 Å². The SMILES string of the molecule is Cc1c(OCc2ccc(C3CCCCC3)c(N(C)C)c2)ccc2c1CCN2. The molecule has 4 rings (SSSR count). The summed E-state index contributed by atoms with van der Waals surface area (Å²) in [7, 11) is 4.31. The highest BCUT2D eigenvalue weighted by molar-refractivity contribution is 5.62. The number of fused-ring (bicyclic) bond motifs is 1. The number of nitrogens with one attached hydrogen (secondary N) is 1. The minimum atomic E-state index is 0.624. The maximum atomic E-state index is 6.22. The number of hydrogen-bond acceptors (Lipinski definition) is 3. The summed E-state index contributed by atoms with van der Waals surface area (Å²) >= 11 is 0. The molecule has 0 atom stereocenters. The van der Waals surface area contributed by atoms with Gasteiger partial charge in [0.25, 0.3) is 0 Å². The molecule has 2 aromatic carbocycles. The van der Waals surface area contributed by atoms with Crippen LogP contribution in [0.15, 0.2) is 30.3 Å². The Balaban J connectivity index is 1.52. The van der Waals surface area contributed by atoms with Crippen molar-refractivity contribution >= 4 is 11.4 Å². The number of nitrogens with zero attached hydrogens (tertiary/aromatic N) is 1. The van der Waals surface area contributed by atoms with Crippen LogP contribution in [0.5, 0.6) is 5.75 Å². The van der Waals surface area contributed by atoms with Crippen molar-refractivity contribution in [3.05, 3.63) is 52.6 Å². The van der Waals surface area contributed by atoms with E-state index in [-0.39, 0.29) is 0 Å². The first-order valence-electron chi connectivity index (χ1n) is 10.4. The molecule has 1 saturated carbocycles. The summed E-state index contributed by atoms with van der Waals surface area (Å²) in [6.45, 7) is 3.84. The molecule has 3 nitrogen and oxygen atoms in total. The molecule has 1 N–H and O–H groups in total. The van der Waals surface area contributed by atoms with E-state index in [4.69, 9.17) is 4.74 Å². The van der Waals surface area contributed by atoms with Crippen molar-refractivity contribution in [2.24, 2.45) is 0 Å². The second-order valence-corrected chi connectivity index (χ2v) is 8.30. The van der Waals surface area contributed by atoms with Gasteiger partial charge < -0.3 is 15.0 Å². The Morgan fingerprint density at radius 2 is 1.89 bits per heavy atom. The maximum absolute atomic E-state index is 6.22. The van der Waals surface area contributed by atoms with E-state index in [1.54, 1.807) is 0 Å². The van der Waals surface area contributed by atoms with Gasteiger partial charge in [0.1, 0.15) is 12.4 Å². The highest BCUT2D eigenvalue weighted by atomic mass is 16.5. The molecule has 1 fully saturated rings. The monoisotopic (exact) mass is 364 g/mol. The molecule has 0 unspecified atom stereocenters. The van der Waals surface area contributed by atoms with Crippen molar-refractivity contribution in [2.45, 2.75) is 58.0 Å². The van der Waals surface area contributed by atoms with Crippen LogP contribution in [0.25, 0.3) is 0 Å². The Hall–Kier alpha value is -2.16. The fourth-order valence-electron chi connectivity index (χ4n) is 4.69. The first kappa shape index (κ1) is 18.2. The van der Waals surface area contributed by atoms with Crippen LogP contribution in [0.4, 0.5) is 11.4 Å². The Labute approximate surface area is 163 Å². The van der Waals surface area contributed by atoms with Crippen molar-refractivity contribution < 1.29 is 4.74 Å². The normalized spacial score (nSPS) is 16.7. The van der Waals surface area contributed by atoms with Crippen molar-refractivity contribution in [1.29, 1.82) is 0 Å². The van der Waals surface area contributed by atoms with Crippen LogP contribution in [0, 0.1) is 6.92 Å². The lowest BCUT2D eigenvalue weighted by Gasteiger charge is -2.27. The lowest BCUT2D eigenvalue weighted by Crippen LogP contribution is -2.15. The van der Waals surface area contributed by atoms with Crippen LogP contribution >= 0.6 is 0 Å². The van der Waals surface area contributed by atoms with Crippen LogP contribution in [0.2, 0.25) is 0 Å². The third-order valence-electron chi connectivity index (χ3n) is 6.26. The number of hydrogen-bond donors (Lipinski definition) is 1. The Kier molecular flexibility index (Phi) is 5.29. The third-order valence-corrected chi connectivity index (χ3v) is 6.26. The van der Waals surface area contributed by atoms with Crippen molar-refractivity contribution in [3.63, 3.8) is 0 Å². The molecule has 1 aliphatic carbocycles. The lowest BCUT2D eigenvalue weighted by molar-refractivity contribution is 0.304. The molecule has 27 heavy (non-hydrogen) atoms. The van der Waals surface area contributed by atoms with E-state index >= 15 is 0 Å². The molecule has 0 amide bonds. The van der Waals surface area contributed by atoms with Crippen LogP contribution in [-0.2, 0) is 13.0 Å². The molecule has 0 aromatic heterocycles. The molecule has 0 radical (unpaired) electrons. The van der Waals surface area contributed by atoms with Gasteiger partial charge in [0.15, 0.2) is 0 Å². The van der Waals surface area contributed by atoms with Gasteiger partial charge in [-0.3, -0.25) is 0 Å². The van der Waals surface area contributed by atoms with Gasteiger partial charge in [0.2, 0.25) is 0 Å². The summed E-state index contributed by atoms with van der Waals surface area (Å²) in [6.07, 6.45) is 7.90. The van der Waals surface area contributed by atoms with E-state index in [2.05, 4.69) is 61.6 Å². The number of ether oxygens (including phenoxy) is 1. The summed E-state index contributed by atoms with van der Waals surface area (Å²) in [4.78, 5) is 2.26. The van der Waals surface area contributed by atoms with E-state index in [1.165, 1.54) is 65.7 Å². The minimum absolute atomic E-state index is 0.624. The van der Waals surface area contributed by atoms with Gasteiger partial charge in [-0.2, -0.15) is 0 Å². The predicted molar refractivity (Wildman–Crippen MR) is 114 cm³/mol. The second-order valence-electron chi connectivity index (χ2n) is 8.30. The van der Waals surface area contributed by atoms with Gasteiger partial charge in [-0.25, -0.2) is 0 Å². The van der Waals surface area contributed by atoms with Gasteiger partial charge in [-0.1, -0.05) is 31.4 Å². The molecule has 2 aliphatic rings. The largest absolute Gasteiger partial charge is 0.489 e. The summed E-state index contributed by atoms with van der Waals surface area (Å²) in [5, 5.41) is 3.44. The summed E-state index contributed by atoms with van der Waals surface area (Å²) in [5.41, 5.74) is 8.09. The maximum Gasteiger partial charge on any atom is 0.123 e. The first-order chi connectivity index (χ1) is 13.1. The molecule has 1 aliphatic heterocycles. The van der Waals surface area contributed by atoms with E-state index in [1.807, 2.05) is 0 Å². The smallest absolute Gasteiger partial charge is 0.123 e. The Morgan fingerprint density at radius 1 is 1.07 bits per heavy atom. The quantitative estimate of drug-likeness (QED) is 0.741. The average molecular weight is 365 g/mol. The van der Waals surface area contributed by atoms with Crippen molar-refractivity contribution in [1.82, 2.24) is 0 Å². The van der Waals surface area contributed by atoms with Gasteiger partial charge in [-0.15, -0.1) is 0 Å². The summed E-state index contributed by atoms with van der Waals surface area (Å²) < 4.78 is 6.22. The third kappa shape index (κ3) is 3.78. The van der Waals surface area contributed by atoms with E-state index in [9.17, 15) is 0 Å². The fraction of sp³-hybridized carbons (Fsp3) is 0.500. The molecule has 0 bridgehead atoms. The van der Waals surface area contributed by atoms with Crippen molar-refractivity contribution in [3.8, 4) is 5.75 Å². The van der Waals surface area contributed by atoms with Crippen LogP contribution < -0.4 is 15.0 Å². The second kappa shape index (κ2) is 7.84. The summed E-state index contributed by atoms with van der Waals surface area (Å²) in [5.74, 6) is 1.73. The van der Waals surface area contributed by atoms with Crippen LogP contribution in [0.3, 0.4) is 0 Å². The Morgan fingerprint density at radius 3 is 2.67 bits per heavy atom. The first-order valence-corrected chi connectivity index (χ1v) is 10.4. The van der Waals surface area contributed by atoms with E-state index in [0.29, 0.717) is 6.61 Å². The summed E-state index contributed by atoms with van der Waals surface area (Å²) in [6, 6.07) is 11.2. The zero-order chi connectivity index (χ0) is 18.8. The standard InChI is InChI=1S/C24H32N2O/c1-17-20-13-14-25-22(20)11-12-24(17)27-16-18-9-10-21(23(15-18)26(2)3)19-7-5-4-6-8-19/h9-12,15,19,25H,4-8,13-14,16H2,1-3H3. The molecule has 3 heteroatoms. The number of anilines is 2. The number of benzene rings is 2. The van der Waals surface area contributed by atoms with Gasteiger partial charge in [0.05, 0.1) is 0 Å². The molecular formula is C24H32N2O. The molecule has 0 spiro atoms. The molecule has 1 heterocycles. The predicted octanol–water partition coefficient (Wildman–Crippen LogP) is 5.66. The minimum Gasteiger partial charge on any atom is -0.489 e. The lowest BCUT2D eigenvalue weighted by atomic mass is 9.83. The van der Waals surface area contributed by atoms with E-state index < -0.39 is 0 Å². The van der Waals surface area contributed by atoms with Gasteiger partial charge in [0, 0.05) is 32.0 Å². The molecule has 0 saturated heterocycles. The molecule has 2 aromatic rings. The highest BCUT2D eigenvalue weighted by Crippen LogP contribution is 2.38. The Bertz CT molecular complexity index is 806. The van der Waals surface area contributed by atoms with E-state index in [0.717, 1.165) is 24.6 Å². The molecule has 144 valence electrons.